The van der Waals surface area contributed by atoms with Gasteiger partial charge >= 0.3 is 6.03 Å². The van der Waals surface area contributed by atoms with Crippen LogP contribution in [0.25, 0.3) is 0 Å². The third-order valence-corrected chi connectivity index (χ3v) is 5.98. The number of hydrogen-bond donors (Lipinski definition) is 2. The molecule has 7 heteroatoms. The van der Waals surface area contributed by atoms with Gasteiger partial charge in [-0.2, -0.15) is 5.26 Å². The molecule has 0 aliphatic carbocycles. The second-order valence-electron chi connectivity index (χ2n) is 8.26. The Bertz CT molecular complexity index is 990. The van der Waals surface area contributed by atoms with Crippen molar-refractivity contribution in [3.63, 3.8) is 0 Å². The number of anilines is 1. The molecule has 0 bridgehead atoms. The Morgan fingerprint density at radius 3 is 2.55 bits per heavy atom. The largest absolute Gasteiger partial charge is 0.382 e. The SMILES string of the molecule is CCOCCCNC(=O)Nc1cc(C(=O)N2CCC(c3ccc(C#N)cc3)CC2)ccc1C. The summed E-state index contributed by atoms with van der Waals surface area (Å²) in [4.78, 5) is 27.2. The number of nitriles is 1. The Labute approximate surface area is 195 Å². The van der Waals surface area contributed by atoms with Crippen LogP contribution in [0.3, 0.4) is 0 Å². The Morgan fingerprint density at radius 2 is 1.88 bits per heavy atom. The van der Waals surface area contributed by atoms with Crippen LogP contribution in [-0.2, 0) is 4.74 Å². The van der Waals surface area contributed by atoms with Gasteiger partial charge in [0.15, 0.2) is 0 Å². The Hall–Kier alpha value is -3.37. The topological polar surface area (TPSA) is 94.5 Å². The number of ether oxygens (including phenoxy) is 1. The lowest BCUT2D eigenvalue weighted by molar-refractivity contribution is 0.0713. The summed E-state index contributed by atoms with van der Waals surface area (Å²) in [5.41, 5.74) is 3.99. The van der Waals surface area contributed by atoms with E-state index in [1.807, 2.05) is 55.1 Å². The summed E-state index contributed by atoms with van der Waals surface area (Å²) < 4.78 is 5.27. The molecule has 2 aromatic rings. The molecule has 2 aromatic carbocycles. The molecule has 0 spiro atoms. The minimum absolute atomic E-state index is 0.0200. The number of benzene rings is 2. The van der Waals surface area contributed by atoms with E-state index in [0.717, 1.165) is 24.8 Å². The zero-order valence-corrected chi connectivity index (χ0v) is 19.4. The van der Waals surface area contributed by atoms with Crippen molar-refractivity contribution in [3.8, 4) is 6.07 Å². The zero-order valence-electron chi connectivity index (χ0n) is 19.4. The van der Waals surface area contributed by atoms with E-state index in [-0.39, 0.29) is 11.9 Å². The molecule has 174 valence electrons. The van der Waals surface area contributed by atoms with Gasteiger partial charge in [0.05, 0.1) is 11.6 Å². The van der Waals surface area contributed by atoms with Crippen molar-refractivity contribution in [2.45, 2.75) is 39.0 Å². The van der Waals surface area contributed by atoms with E-state index in [1.54, 1.807) is 6.07 Å². The van der Waals surface area contributed by atoms with Crippen LogP contribution >= 0.6 is 0 Å². The fourth-order valence-electron chi connectivity index (χ4n) is 4.01. The van der Waals surface area contributed by atoms with Crippen LogP contribution in [0.1, 0.15) is 59.2 Å². The maximum Gasteiger partial charge on any atom is 0.319 e. The molecule has 1 aliphatic heterocycles. The number of carbonyl (C=O) groups excluding carboxylic acids is 2. The highest BCUT2D eigenvalue weighted by molar-refractivity contribution is 5.97. The highest BCUT2D eigenvalue weighted by Gasteiger charge is 2.25. The summed E-state index contributed by atoms with van der Waals surface area (Å²) in [5.74, 6) is 0.372. The predicted octanol–water partition coefficient (Wildman–Crippen LogP) is 4.43. The molecule has 1 saturated heterocycles. The van der Waals surface area contributed by atoms with Gasteiger partial charge in [0.25, 0.3) is 5.91 Å². The van der Waals surface area contributed by atoms with E-state index < -0.39 is 0 Å². The van der Waals surface area contributed by atoms with Crippen LogP contribution < -0.4 is 10.6 Å². The average molecular weight is 449 g/mol. The molecule has 1 heterocycles. The van der Waals surface area contributed by atoms with Crippen molar-refractivity contribution in [1.82, 2.24) is 10.2 Å². The van der Waals surface area contributed by atoms with E-state index in [9.17, 15) is 9.59 Å². The molecule has 1 fully saturated rings. The van der Waals surface area contributed by atoms with Gasteiger partial charge in [-0.15, -0.1) is 0 Å². The van der Waals surface area contributed by atoms with Gasteiger partial charge in [0.2, 0.25) is 0 Å². The van der Waals surface area contributed by atoms with Gasteiger partial charge in [0, 0.05) is 44.1 Å². The van der Waals surface area contributed by atoms with Gasteiger partial charge < -0.3 is 20.3 Å². The number of amides is 3. The lowest BCUT2D eigenvalue weighted by Gasteiger charge is -2.32. The van der Waals surface area contributed by atoms with Gasteiger partial charge in [0.1, 0.15) is 0 Å². The van der Waals surface area contributed by atoms with Crippen molar-refractivity contribution in [1.29, 1.82) is 5.26 Å². The first-order valence-corrected chi connectivity index (χ1v) is 11.5. The highest BCUT2D eigenvalue weighted by atomic mass is 16.5. The number of piperidine rings is 1. The molecule has 0 atom stereocenters. The van der Waals surface area contributed by atoms with E-state index in [0.29, 0.717) is 55.6 Å². The first-order valence-electron chi connectivity index (χ1n) is 11.5. The zero-order chi connectivity index (χ0) is 23.6. The fraction of sp³-hybridized carbons (Fsp3) is 0.423. The molecular formula is C26H32N4O3. The summed E-state index contributed by atoms with van der Waals surface area (Å²) >= 11 is 0. The number of nitrogens with zero attached hydrogens (tertiary/aromatic N) is 2. The Kier molecular flexibility index (Phi) is 8.85. The standard InChI is InChI=1S/C26H32N4O3/c1-3-33-16-4-13-28-26(32)29-24-17-23(8-5-19(24)2)25(31)30-14-11-22(12-15-30)21-9-6-20(18-27)7-10-21/h5-10,17,22H,3-4,11-16H2,1-2H3,(H2,28,29,32). The normalized spacial score (nSPS) is 13.9. The lowest BCUT2D eigenvalue weighted by Crippen LogP contribution is -2.38. The smallest absolute Gasteiger partial charge is 0.319 e. The molecule has 1 aliphatic rings. The fourth-order valence-corrected chi connectivity index (χ4v) is 4.01. The lowest BCUT2D eigenvalue weighted by atomic mass is 9.89. The molecule has 0 unspecified atom stereocenters. The van der Waals surface area contributed by atoms with Crippen LogP contribution in [0.5, 0.6) is 0 Å². The van der Waals surface area contributed by atoms with Crippen LogP contribution in [-0.4, -0.2) is 49.7 Å². The second kappa shape index (κ2) is 12.0. The molecule has 3 rings (SSSR count). The highest BCUT2D eigenvalue weighted by Crippen LogP contribution is 2.29. The number of likely N-dealkylation sites (tertiary alicyclic amines) is 1. The Morgan fingerprint density at radius 1 is 1.15 bits per heavy atom. The minimum Gasteiger partial charge on any atom is -0.382 e. The maximum absolute atomic E-state index is 13.1. The summed E-state index contributed by atoms with van der Waals surface area (Å²) in [5, 5.41) is 14.6. The third-order valence-electron chi connectivity index (χ3n) is 5.98. The molecule has 0 saturated carbocycles. The van der Waals surface area contributed by atoms with Crippen LogP contribution in [0.15, 0.2) is 42.5 Å². The quantitative estimate of drug-likeness (QED) is 0.584. The summed E-state index contributed by atoms with van der Waals surface area (Å²) in [7, 11) is 0. The summed E-state index contributed by atoms with van der Waals surface area (Å²) in [6, 6.07) is 15.0. The molecule has 0 radical (unpaired) electrons. The van der Waals surface area contributed by atoms with Gasteiger partial charge in [-0.3, -0.25) is 4.79 Å². The van der Waals surface area contributed by atoms with E-state index in [2.05, 4.69) is 16.7 Å². The Balaban J connectivity index is 1.54. The van der Waals surface area contributed by atoms with Crippen molar-refractivity contribution in [2.75, 3.05) is 38.2 Å². The van der Waals surface area contributed by atoms with Crippen LogP contribution in [0.4, 0.5) is 10.5 Å². The first-order chi connectivity index (χ1) is 16.0. The van der Waals surface area contributed by atoms with Crippen molar-refractivity contribution in [2.24, 2.45) is 0 Å². The summed E-state index contributed by atoms with van der Waals surface area (Å²) in [6.07, 6.45) is 2.52. The number of rotatable bonds is 8. The second-order valence-corrected chi connectivity index (χ2v) is 8.26. The number of urea groups is 1. The van der Waals surface area contributed by atoms with Crippen molar-refractivity contribution < 1.29 is 14.3 Å². The van der Waals surface area contributed by atoms with Gasteiger partial charge in [-0.1, -0.05) is 18.2 Å². The maximum atomic E-state index is 13.1. The van der Waals surface area contributed by atoms with Crippen LogP contribution in [0, 0.1) is 18.3 Å². The molecule has 2 N–H and O–H groups in total. The molecule has 33 heavy (non-hydrogen) atoms. The average Bonchev–Trinajstić information content (AvgIpc) is 2.85. The van der Waals surface area contributed by atoms with E-state index in [4.69, 9.17) is 10.00 Å². The number of carbonyl (C=O) groups is 2. The molecule has 7 nitrogen and oxygen atoms in total. The van der Waals surface area contributed by atoms with Gasteiger partial charge in [-0.05, 0) is 74.4 Å². The molecular weight excluding hydrogens is 416 g/mol. The van der Waals surface area contributed by atoms with Gasteiger partial charge in [-0.25, -0.2) is 4.79 Å². The first kappa shape index (κ1) is 24.3. The number of hydrogen-bond acceptors (Lipinski definition) is 4. The molecule has 3 amide bonds. The van der Waals surface area contributed by atoms with Crippen LogP contribution in [0.2, 0.25) is 0 Å². The van der Waals surface area contributed by atoms with Crippen molar-refractivity contribution >= 4 is 17.6 Å². The minimum atomic E-state index is -0.289. The number of aryl methyl sites for hydroxylation is 1. The monoisotopic (exact) mass is 448 g/mol. The van der Waals surface area contributed by atoms with E-state index in [1.165, 1.54) is 5.56 Å². The molecule has 0 aromatic heterocycles. The number of nitrogens with one attached hydrogen (secondary N) is 2. The third kappa shape index (κ3) is 6.80. The van der Waals surface area contributed by atoms with Crippen molar-refractivity contribution in [3.05, 3.63) is 64.7 Å². The summed E-state index contributed by atoms with van der Waals surface area (Å²) in [6.45, 7) is 7.01. The van der Waals surface area contributed by atoms with E-state index >= 15 is 0 Å². The predicted molar refractivity (Wildman–Crippen MR) is 128 cm³/mol.